The highest BCUT2D eigenvalue weighted by Gasteiger charge is 2.23. The normalized spacial score (nSPS) is 12.6. The zero-order valence-corrected chi connectivity index (χ0v) is 12.4. The van der Waals surface area contributed by atoms with Gasteiger partial charge in [-0.25, -0.2) is 4.68 Å². The highest BCUT2D eigenvalue weighted by atomic mass is 16.3. The average molecular weight is 282 g/mol. The van der Waals surface area contributed by atoms with Gasteiger partial charge >= 0.3 is 0 Å². The number of aromatic nitrogens is 2. The molecule has 0 bridgehead atoms. The third-order valence-corrected chi connectivity index (χ3v) is 3.84. The van der Waals surface area contributed by atoms with Crippen LogP contribution in [0.2, 0.25) is 0 Å². The van der Waals surface area contributed by atoms with Crippen LogP contribution in [0.5, 0.6) is 0 Å². The summed E-state index contributed by atoms with van der Waals surface area (Å²) in [6.45, 7) is 5.75. The summed E-state index contributed by atoms with van der Waals surface area (Å²) in [5.74, 6) is 1.59. The van der Waals surface area contributed by atoms with Crippen molar-refractivity contribution < 1.29 is 9.52 Å². The number of benzene rings is 1. The lowest BCUT2D eigenvalue weighted by Crippen LogP contribution is -2.09. The highest BCUT2D eigenvalue weighted by Crippen LogP contribution is 2.32. The van der Waals surface area contributed by atoms with E-state index in [1.165, 1.54) is 0 Å². The summed E-state index contributed by atoms with van der Waals surface area (Å²) in [4.78, 5) is 0. The van der Waals surface area contributed by atoms with Crippen LogP contribution in [0.25, 0.3) is 5.69 Å². The molecule has 2 aromatic heterocycles. The molecule has 2 heterocycles. The van der Waals surface area contributed by atoms with Crippen LogP contribution in [0.15, 0.2) is 47.0 Å². The van der Waals surface area contributed by atoms with Gasteiger partial charge in [-0.15, -0.1) is 0 Å². The van der Waals surface area contributed by atoms with E-state index in [0.717, 1.165) is 34.0 Å². The van der Waals surface area contributed by atoms with Crippen LogP contribution in [-0.4, -0.2) is 14.9 Å². The van der Waals surface area contributed by atoms with Crippen molar-refractivity contribution in [3.63, 3.8) is 0 Å². The van der Waals surface area contributed by atoms with E-state index in [9.17, 15) is 5.11 Å². The molecule has 0 radical (unpaired) electrons. The van der Waals surface area contributed by atoms with E-state index in [1.807, 2.05) is 57.2 Å². The molecular formula is C17H18N2O2. The number of aliphatic hydroxyl groups is 1. The quantitative estimate of drug-likeness (QED) is 0.800. The van der Waals surface area contributed by atoms with Gasteiger partial charge in [0.25, 0.3) is 0 Å². The van der Waals surface area contributed by atoms with Crippen molar-refractivity contribution in [1.29, 1.82) is 0 Å². The van der Waals surface area contributed by atoms with Gasteiger partial charge in [0.05, 0.1) is 11.4 Å². The summed E-state index contributed by atoms with van der Waals surface area (Å²) in [5.41, 5.74) is 3.46. The van der Waals surface area contributed by atoms with E-state index in [0.29, 0.717) is 0 Å². The maximum Gasteiger partial charge on any atom is 0.125 e. The zero-order valence-electron chi connectivity index (χ0n) is 12.4. The number of nitrogens with zero attached hydrogens (tertiary/aromatic N) is 2. The summed E-state index contributed by atoms with van der Waals surface area (Å²) < 4.78 is 7.38. The second kappa shape index (κ2) is 5.22. The number of furan rings is 1. The second-order valence-electron chi connectivity index (χ2n) is 5.16. The maximum atomic E-state index is 10.8. The number of rotatable bonds is 3. The topological polar surface area (TPSA) is 51.2 Å². The van der Waals surface area contributed by atoms with E-state index in [4.69, 9.17) is 4.42 Å². The molecule has 1 atom stereocenters. The first kappa shape index (κ1) is 13.6. The van der Waals surface area contributed by atoms with Crippen molar-refractivity contribution >= 4 is 0 Å². The van der Waals surface area contributed by atoms with Crippen molar-refractivity contribution in [3.05, 3.63) is 70.9 Å². The largest absolute Gasteiger partial charge is 0.466 e. The smallest absolute Gasteiger partial charge is 0.125 e. The van der Waals surface area contributed by atoms with Crippen LogP contribution in [0.4, 0.5) is 0 Å². The Morgan fingerprint density at radius 1 is 1.05 bits per heavy atom. The molecule has 1 unspecified atom stereocenters. The maximum absolute atomic E-state index is 10.8. The molecule has 4 heteroatoms. The highest BCUT2D eigenvalue weighted by molar-refractivity contribution is 5.40. The first-order valence-corrected chi connectivity index (χ1v) is 6.93. The predicted molar refractivity (Wildman–Crippen MR) is 80.5 cm³/mol. The van der Waals surface area contributed by atoms with E-state index in [1.54, 1.807) is 10.9 Å². The first-order chi connectivity index (χ1) is 10.1. The molecule has 1 N–H and O–H groups in total. The number of hydrogen-bond donors (Lipinski definition) is 1. The van der Waals surface area contributed by atoms with Gasteiger partial charge in [-0.05, 0) is 44.5 Å². The van der Waals surface area contributed by atoms with Crippen molar-refractivity contribution in [2.75, 3.05) is 0 Å². The minimum Gasteiger partial charge on any atom is -0.466 e. The minimum atomic E-state index is -0.759. The van der Waals surface area contributed by atoms with E-state index < -0.39 is 6.10 Å². The van der Waals surface area contributed by atoms with Gasteiger partial charge < -0.3 is 9.52 Å². The number of aryl methyl sites for hydroxylation is 2. The molecule has 0 fully saturated rings. The predicted octanol–water partition coefficient (Wildman–Crippen LogP) is 3.47. The Morgan fingerprint density at radius 3 is 2.38 bits per heavy atom. The monoisotopic (exact) mass is 282 g/mol. The zero-order chi connectivity index (χ0) is 15.0. The summed E-state index contributed by atoms with van der Waals surface area (Å²) in [6, 6.07) is 11.6. The minimum absolute atomic E-state index is 0.730. The van der Waals surface area contributed by atoms with Gasteiger partial charge in [-0.3, -0.25) is 0 Å². The fraction of sp³-hybridized carbons (Fsp3) is 0.235. The number of para-hydroxylation sites is 1. The Morgan fingerprint density at radius 2 is 1.76 bits per heavy atom. The Kier molecular flexibility index (Phi) is 3.39. The molecule has 0 spiro atoms. The molecule has 4 nitrogen and oxygen atoms in total. The van der Waals surface area contributed by atoms with Crippen LogP contribution in [0.1, 0.15) is 34.4 Å². The lowest BCUT2D eigenvalue weighted by molar-refractivity contribution is 0.209. The molecule has 0 aliphatic heterocycles. The van der Waals surface area contributed by atoms with E-state index in [-0.39, 0.29) is 0 Å². The molecule has 1 aromatic carbocycles. The Balaban J connectivity index is 2.08. The number of aliphatic hydroxyl groups excluding tert-OH is 1. The molecule has 0 saturated heterocycles. The molecule has 0 saturated carbocycles. The van der Waals surface area contributed by atoms with Crippen LogP contribution in [0, 0.1) is 20.8 Å². The molecule has 3 aromatic rings. The van der Waals surface area contributed by atoms with Crippen molar-refractivity contribution in [3.8, 4) is 5.69 Å². The second-order valence-corrected chi connectivity index (χ2v) is 5.16. The van der Waals surface area contributed by atoms with E-state index in [2.05, 4.69) is 5.10 Å². The van der Waals surface area contributed by atoms with Crippen molar-refractivity contribution in [2.45, 2.75) is 26.9 Å². The van der Waals surface area contributed by atoms with Gasteiger partial charge in [0.2, 0.25) is 0 Å². The van der Waals surface area contributed by atoms with Crippen LogP contribution in [0.3, 0.4) is 0 Å². The van der Waals surface area contributed by atoms with Crippen LogP contribution >= 0.6 is 0 Å². The van der Waals surface area contributed by atoms with Crippen molar-refractivity contribution in [1.82, 2.24) is 9.78 Å². The van der Waals surface area contributed by atoms with Gasteiger partial charge in [0, 0.05) is 11.8 Å². The Bertz CT molecular complexity index is 756. The molecular weight excluding hydrogens is 264 g/mol. The molecule has 108 valence electrons. The fourth-order valence-corrected chi connectivity index (χ4v) is 2.67. The summed E-state index contributed by atoms with van der Waals surface area (Å²) in [6.07, 6.45) is 0.938. The fourth-order valence-electron chi connectivity index (χ4n) is 2.67. The Labute approximate surface area is 123 Å². The van der Waals surface area contributed by atoms with Crippen LogP contribution in [-0.2, 0) is 0 Å². The number of hydrogen-bond acceptors (Lipinski definition) is 3. The van der Waals surface area contributed by atoms with Gasteiger partial charge in [-0.1, -0.05) is 18.2 Å². The van der Waals surface area contributed by atoms with Crippen LogP contribution < -0.4 is 0 Å². The molecule has 0 amide bonds. The van der Waals surface area contributed by atoms with Gasteiger partial charge in [-0.2, -0.15) is 5.10 Å². The standard InChI is InChI=1S/C17H18N2O2/c1-11-12(2)21-13(3)16(11)17(20)15-9-10-18-19(15)14-7-5-4-6-8-14/h4-10,17,20H,1-3H3. The third kappa shape index (κ3) is 2.28. The summed E-state index contributed by atoms with van der Waals surface area (Å²) in [5, 5.41) is 15.1. The lowest BCUT2D eigenvalue weighted by atomic mass is 10.0. The third-order valence-electron chi connectivity index (χ3n) is 3.84. The molecule has 21 heavy (non-hydrogen) atoms. The van der Waals surface area contributed by atoms with Gasteiger partial charge in [0.15, 0.2) is 0 Å². The van der Waals surface area contributed by atoms with Crippen molar-refractivity contribution in [2.24, 2.45) is 0 Å². The average Bonchev–Trinajstić information content (AvgIpc) is 3.05. The van der Waals surface area contributed by atoms with Gasteiger partial charge in [0.1, 0.15) is 17.6 Å². The molecule has 0 aliphatic rings. The first-order valence-electron chi connectivity index (χ1n) is 6.93. The van der Waals surface area contributed by atoms with E-state index >= 15 is 0 Å². The Hall–Kier alpha value is -2.33. The molecule has 3 rings (SSSR count). The lowest BCUT2D eigenvalue weighted by Gasteiger charge is -2.14. The molecule has 0 aliphatic carbocycles. The SMILES string of the molecule is Cc1oc(C)c(C(O)c2ccnn2-c2ccccc2)c1C. The summed E-state index contributed by atoms with van der Waals surface area (Å²) >= 11 is 0. The summed E-state index contributed by atoms with van der Waals surface area (Å²) in [7, 11) is 0.